The number of hydrogen-bond donors (Lipinski definition) is 0. The molecule has 2 aromatic carbocycles. The third-order valence-corrected chi connectivity index (χ3v) is 6.98. The summed E-state index contributed by atoms with van der Waals surface area (Å²) < 4.78 is 18.5. The van der Waals surface area contributed by atoms with Crippen molar-refractivity contribution in [1.29, 1.82) is 0 Å². The van der Waals surface area contributed by atoms with Crippen LogP contribution in [0.5, 0.6) is 11.5 Å². The molecule has 8 nitrogen and oxygen atoms in total. The van der Waals surface area contributed by atoms with Gasteiger partial charge in [-0.15, -0.1) is 11.3 Å². The van der Waals surface area contributed by atoms with Gasteiger partial charge in [-0.1, -0.05) is 34.6 Å². The van der Waals surface area contributed by atoms with Crippen LogP contribution in [0.4, 0.5) is 0 Å². The molecular formula is C23H16N4O4S2. The standard InChI is InChI=1S/C23H16N4O4S2/c1-13-2-5-15(6-3-13)27-22(28)20-16(8-9-32-20)24-23(27)33-11-19-25-21(26-31-19)14-4-7-17-18(10-14)30-12-29-17/h2-10H,11-12H2,1H3. The highest BCUT2D eigenvalue weighted by Gasteiger charge is 2.18. The first-order valence-corrected chi connectivity index (χ1v) is 11.9. The molecule has 4 heterocycles. The van der Waals surface area contributed by atoms with Crippen LogP contribution in [0.2, 0.25) is 0 Å². The Balaban J connectivity index is 1.31. The Hall–Kier alpha value is -3.63. The lowest BCUT2D eigenvalue weighted by molar-refractivity contribution is 0.174. The lowest BCUT2D eigenvalue weighted by atomic mass is 10.2. The van der Waals surface area contributed by atoms with E-state index in [4.69, 9.17) is 19.0 Å². The van der Waals surface area contributed by atoms with E-state index in [1.165, 1.54) is 23.1 Å². The number of nitrogens with zero attached hydrogens (tertiary/aromatic N) is 4. The fourth-order valence-electron chi connectivity index (χ4n) is 3.50. The van der Waals surface area contributed by atoms with Crippen LogP contribution in [-0.2, 0) is 5.75 Å². The largest absolute Gasteiger partial charge is 0.454 e. The van der Waals surface area contributed by atoms with Crippen molar-refractivity contribution in [2.24, 2.45) is 0 Å². The Labute approximate surface area is 195 Å². The maximum absolute atomic E-state index is 13.2. The van der Waals surface area contributed by atoms with Crippen molar-refractivity contribution in [3.05, 3.63) is 75.7 Å². The number of benzene rings is 2. The quantitative estimate of drug-likeness (QED) is 0.263. The molecular weight excluding hydrogens is 460 g/mol. The summed E-state index contributed by atoms with van der Waals surface area (Å²) in [6.45, 7) is 2.22. The molecule has 1 aliphatic rings. The fraction of sp³-hybridized carbons (Fsp3) is 0.130. The normalized spacial score (nSPS) is 12.5. The maximum Gasteiger partial charge on any atom is 0.276 e. The van der Waals surface area contributed by atoms with Gasteiger partial charge in [0.25, 0.3) is 5.56 Å². The van der Waals surface area contributed by atoms with Gasteiger partial charge in [-0.05, 0) is 48.7 Å². The van der Waals surface area contributed by atoms with Gasteiger partial charge < -0.3 is 14.0 Å². The van der Waals surface area contributed by atoms with E-state index < -0.39 is 0 Å². The molecule has 0 saturated carbocycles. The number of ether oxygens (including phenoxy) is 2. The van der Waals surface area contributed by atoms with Gasteiger partial charge in [-0.2, -0.15) is 4.98 Å². The van der Waals surface area contributed by atoms with Crippen LogP contribution in [0.25, 0.3) is 27.3 Å². The molecule has 0 radical (unpaired) electrons. The molecule has 0 fully saturated rings. The van der Waals surface area contributed by atoms with Gasteiger partial charge in [0.15, 0.2) is 16.7 Å². The zero-order valence-corrected chi connectivity index (χ0v) is 19.0. The summed E-state index contributed by atoms with van der Waals surface area (Å²) >= 11 is 2.77. The molecule has 6 rings (SSSR count). The summed E-state index contributed by atoms with van der Waals surface area (Å²) in [7, 11) is 0. The molecule has 0 spiro atoms. The molecule has 0 N–H and O–H groups in total. The summed E-state index contributed by atoms with van der Waals surface area (Å²) in [6.07, 6.45) is 0. The molecule has 164 valence electrons. The number of thioether (sulfide) groups is 1. The minimum atomic E-state index is -0.0899. The van der Waals surface area contributed by atoms with E-state index in [0.29, 0.717) is 44.3 Å². The van der Waals surface area contributed by atoms with Gasteiger partial charge in [0.05, 0.1) is 17.0 Å². The second-order valence-electron chi connectivity index (χ2n) is 7.37. The van der Waals surface area contributed by atoms with E-state index in [0.717, 1.165) is 16.8 Å². The third-order valence-electron chi connectivity index (χ3n) is 5.16. The maximum atomic E-state index is 13.2. The smallest absolute Gasteiger partial charge is 0.276 e. The number of rotatable bonds is 5. The predicted octanol–water partition coefficient (Wildman–Crippen LogP) is 4.83. The van der Waals surface area contributed by atoms with Crippen LogP contribution in [0.1, 0.15) is 11.5 Å². The Morgan fingerprint density at radius 2 is 1.91 bits per heavy atom. The zero-order valence-electron chi connectivity index (χ0n) is 17.3. The predicted molar refractivity (Wildman–Crippen MR) is 125 cm³/mol. The topological polar surface area (TPSA) is 92.3 Å². The first-order chi connectivity index (χ1) is 16.2. The van der Waals surface area contributed by atoms with Gasteiger partial charge >= 0.3 is 0 Å². The van der Waals surface area contributed by atoms with Crippen molar-refractivity contribution in [3.63, 3.8) is 0 Å². The number of aryl methyl sites for hydroxylation is 1. The van der Waals surface area contributed by atoms with E-state index in [1.54, 1.807) is 4.57 Å². The molecule has 0 aliphatic carbocycles. The number of hydrogen-bond acceptors (Lipinski definition) is 9. The molecule has 0 atom stereocenters. The Morgan fingerprint density at radius 3 is 2.79 bits per heavy atom. The van der Waals surface area contributed by atoms with E-state index in [9.17, 15) is 4.79 Å². The van der Waals surface area contributed by atoms with E-state index in [1.807, 2.05) is 60.8 Å². The first kappa shape index (κ1) is 20.0. The lowest BCUT2D eigenvalue weighted by Crippen LogP contribution is -2.20. The monoisotopic (exact) mass is 476 g/mol. The molecule has 0 unspecified atom stereocenters. The van der Waals surface area contributed by atoms with Crippen LogP contribution < -0.4 is 15.0 Å². The van der Waals surface area contributed by atoms with Crippen molar-refractivity contribution >= 4 is 33.3 Å². The first-order valence-electron chi connectivity index (χ1n) is 10.1. The summed E-state index contributed by atoms with van der Waals surface area (Å²) in [5, 5.41) is 6.54. The molecule has 0 amide bonds. The summed E-state index contributed by atoms with van der Waals surface area (Å²) in [6, 6.07) is 15.2. The number of aromatic nitrogens is 4. The van der Waals surface area contributed by atoms with Crippen molar-refractivity contribution in [3.8, 4) is 28.6 Å². The van der Waals surface area contributed by atoms with Gasteiger partial charge in [-0.25, -0.2) is 4.98 Å². The minimum Gasteiger partial charge on any atom is -0.454 e. The van der Waals surface area contributed by atoms with Crippen LogP contribution in [0.3, 0.4) is 0 Å². The molecule has 0 saturated heterocycles. The molecule has 33 heavy (non-hydrogen) atoms. The van der Waals surface area contributed by atoms with E-state index in [2.05, 4.69) is 10.1 Å². The zero-order chi connectivity index (χ0) is 22.4. The SMILES string of the molecule is Cc1ccc(-n2c(SCc3nc(-c4ccc5c(c4)OCO5)no3)nc3ccsc3c2=O)cc1. The number of fused-ring (bicyclic) bond motifs is 2. The Bertz CT molecular complexity index is 1540. The van der Waals surface area contributed by atoms with Crippen LogP contribution in [0.15, 0.2) is 68.4 Å². The van der Waals surface area contributed by atoms with Crippen LogP contribution >= 0.6 is 23.1 Å². The van der Waals surface area contributed by atoms with Crippen molar-refractivity contribution in [2.45, 2.75) is 17.8 Å². The van der Waals surface area contributed by atoms with Crippen LogP contribution in [0, 0.1) is 6.92 Å². The molecule has 5 aromatic rings. The van der Waals surface area contributed by atoms with Crippen molar-refractivity contribution < 1.29 is 14.0 Å². The molecule has 10 heteroatoms. The van der Waals surface area contributed by atoms with Crippen molar-refractivity contribution in [2.75, 3.05) is 6.79 Å². The highest BCUT2D eigenvalue weighted by atomic mass is 32.2. The third kappa shape index (κ3) is 3.66. The highest BCUT2D eigenvalue weighted by molar-refractivity contribution is 7.98. The second kappa shape index (κ2) is 8.05. The van der Waals surface area contributed by atoms with Gasteiger partial charge in [0, 0.05) is 5.56 Å². The average Bonchev–Trinajstić information content (AvgIpc) is 3.58. The Kier molecular flexibility index (Phi) is 4.88. The van der Waals surface area contributed by atoms with Gasteiger partial charge in [0.1, 0.15) is 4.70 Å². The average molecular weight is 477 g/mol. The van der Waals surface area contributed by atoms with Crippen LogP contribution in [-0.4, -0.2) is 26.5 Å². The van der Waals surface area contributed by atoms with E-state index >= 15 is 0 Å². The van der Waals surface area contributed by atoms with Gasteiger partial charge in [0.2, 0.25) is 18.5 Å². The lowest BCUT2D eigenvalue weighted by Gasteiger charge is -2.11. The summed E-state index contributed by atoms with van der Waals surface area (Å²) in [4.78, 5) is 22.5. The molecule has 1 aliphatic heterocycles. The Morgan fingerprint density at radius 1 is 1.06 bits per heavy atom. The second-order valence-corrected chi connectivity index (χ2v) is 9.23. The fourth-order valence-corrected chi connectivity index (χ4v) is 5.11. The minimum absolute atomic E-state index is 0.0899. The molecule has 0 bridgehead atoms. The summed E-state index contributed by atoms with van der Waals surface area (Å²) in [5.74, 6) is 2.61. The summed E-state index contributed by atoms with van der Waals surface area (Å²) in [5.41, 5.74) is 3.25. The van der Waals surface area contributed by atoms with Gasteiger partial charge in [-0.3, -0.25) is 9.36 Å². The highest BCUT2D eigenvalue weighted by Crippen LogP contribution is 2.35. The van der Waals surface area contributed by atoms with E-state index in [-0.39, 0.29) is 12.4 Å². The number of thiophene rings is 1. The van der Waals surface area contributed by atoms with Crippen molar-refractivity contribution in [1.82, 2.24) is 19.7 Å². The molecule has 3 aromatic heterocycles.